The van der Waals surface area contributed by atoms with Crippen LogP contribution < -0.4 is 10.2 Å². The number of carbonyl (C=O) groups is 2. The molecule has 1 saturated heterocycles. The van der Waals surface area contributed by atoms with Gasteiger partial charge in [0.15, 0.2) is 5.82 Å². The van der Waals surface area contributed by atoms with Crippen LogP contribution in [0.2, 0.25) is 5.02 Å². The normalized spacial score (nSPS) is 21.9. The van der Waals surface area contributed by atoms with Crippen molar-refractivity contribution >= 4 is 29.1 Å². The standard InChI is InChI=1S/C14H16ClFN2O2/c1-4-9-12(19)17-14(2,3)13(20)18(9)10-7-5-6-8(15)11(10)16/h5-7,9H,4H2,1-3H3,(H,17,19). The van der Waals surface area contributed by atoms with Crippen molar-refractivity contribution in [3.8, 4) is 0 Å². The summed E-state index contributed by atoms with van der Waals surface area (Å²) in [6.45, 7) is 4.95. The van der Waals surface area contributed by atoms with Crippen LogP contribution in [0.25, 0.3) is 0 Å². The number of hydrogen-bond donors (Lipinski definition) is 1. The molecule has 0 radical (unpaired) electrons. The molecule has 0 aromatic heterocycles. The molecular weight excluding hydrogens is 283 g/mol. The molecule has 1 aliphatic rings. The van der Waals surface area contributed by atoms with Crippen LogP contribution in [-0.2, 0) is 9.59 Å². The first-order valence-electron chi connectivity index (χ1n) is 6.39. The largest absolute Gasteiger partial charge is 0.340 e. The van der Waals surface area contributed by atoms with Crippen LogP contribution in [0.1, 0.15) is 27.2 Å². The zero-order valence-electron chi connectivity index (χ0n) is 11.5. The van der Waals surface area contributed by atoms with Crippen LogP contribution in [0.4, 0.5) is 10.1 Å². The van der Waals surface area contributed by atoms with Crippen LogP contribution in [0, 0.1) is 5.82 Å². The number of rotatable bonds is 2. The Morgan fingerprint density at radius 3 is 2.65 bits per heavy atom. The molecule has 108 valence electrons. The summed E-state index contributed by atoms with van der Waals surface area (Å²) in [6.07, 6.45) is 0.388. The predicted molar refractivity (Wildman–Crippen MR) is 75.2 cm³/mol. The Bertz CT molecular complexity index is 574. The van der Waals surface area contributed by atoms with Crippen molar-refractivity contribution in [3.63, 3.8) is 0 Å². The highest BCUT2D eigenvalue weighted by molar-refractivity contribution is 6.31. The number of carbonyl (C=O) groups excluding carboxylic acids is 2. The zero-order chi connectivity index (χ0) is 15.1. The summed E-state index contributed by atoms with van der Waals surface area (Å²) in [5, 5.41) is 2.58. The maximum atomic E-state index is 14.2. The lowest BCUT2D eigenvalue weighted by Crippen LogP contribution is -2.68. The van der Waals surface area contributed by atoms with E-state index in [1.165, 1.54) is 17.0 Å². The minimum atomic E-state index is -1.07. The van der Waals surface area contributed by atoms with E-state index in [0.29, 0.717) is 6.42 Å². The molecule has 1 fully saturated rings. The summed E-state index contributed by atoms with van der Waals surface area (Å²) in [5.41, 5.74) is -1.03. The molecule has 0 aliphatic carbocycles. The van der Waals surface area contributed by atoms with E-state index in [1.807, 2.05) is 0 Å². The van der Waals surface area contributed by atoms with Gasteiger partial charge in [0.25, 0.3) is 5.91 Å². The fraction of sp³-hybridized carbons (Fsp3) is 0.429. The third kappa shape index (κ3) is 2.26. The summed E-state index contributed by atoms with van der Waals surface area (Å²) in [7, 11) is 0. The quantitative estimate of drug-likeness (QED) is 0.912. The van der Waals surface area contributed by atoms with Gasteiger partial charge < -0.3 is 5.32 Å². The van der Waals surface area contributed by atoms with Gasteiger partial charge in [-0.05, 0) is 32.4 Å². The Morgan fingerprint density at radius 2 is 2.05 bits per heavy atom. The fourth-order valence-corrected chi connectivity index (χ4v) is 2.50. The molecule has 2 amide bonds. The van der Waals surface area contributed by atoms with E-state index in [0.717, 1.165) is 0 Å². The van der Waals surface area contributed by atoms with E-state index in [4.69, 9.17) is 11.6 Å². The Morgan fingerprint density at radius 1 is 1.40 bits per heavy atom. The van der Waals surface area contributed by atoms with Gasteiger partial charge in [0.1, 0.15) is 11.6 Å². The highest BCUT2D eigenvalue weighted by Gasteiger charge is 2.46. The molecule has 1 heterocycles. The first kappa shape index (κ1) is 14.8. The summed E-state index contributed by atoms with van der Waals surface area (Å²) in [6, 6.07) is 3.68. The number of piperazine rings is 1. The van der Waals surface area contributed by atoms with Crippen molar-refractivity contribution in [3.05, 3.63) is 29.0 Å². The second-order valence-electron chi connectivity index (χ2n) is 5.29. The van der Waals surface area contributed by atoms with Gasteiger partial charge in [-0.1, -0.05) is 24.6 Å². The number of amides is 2. The SMILES string of the molecule is CCC1C(=O)NC(C)(C)C(=O)N1c1cccc(Cl)c1F. The smallest absolute Gasteiger partial charge is 0.252 e. The van der Waals surface area contributed by atoms with Crippen molar-refractivity contribution < 1.29 is 14.0 Å². The first-order chi connectivity index (χ1) is 9.29. The van der Waals surface area contributed by atoms with Gasteiger partial charge in [0.05, 0.1) is 10.7 Å². The zero-order valence-corrected chi connectivity index (χ0v) is 12.3. The highest BCUT2D eigenvalue weighted by atomic mass is 35.5. The van der Waals surface area contributed by atoms with Gasteiger partial charge in [-0.15, -0.1) is 0 Å². The lowest BCUT2D eigenvalue weighted by molar-refractivity contribution is -0.137. The summed E-state index contributed by atoms with van der Waals surface area (Å²) >= 11 is 5.77. The molecule has 1 aliphatic heterocycles. The van der Waals surface area contributed by atoms with E-state index < -0.39 is 17.4 Å². The van der Waals surface area contributed by atoms with Crippen molar-refractivity contribution in [2.24, 2.45) is 0 Å². The molecular formula is C14H16ClFN2O2. The first-order valence-corrected chi connectivity index (χ1v) is 6.77. The van der Waals surface area contributed by atoms with E-state index in [1.54, 1.807) is 26.8 Å². The lowest BCUT2D eigenvalue weighted by atomic mass is 9.95. The predicted octanol–water partition coefficient (Wildman–Crippen LogP) is 2.50. The lowest BCUT2D eigenvalue weighted by Gasteiger charge is -2.42. The maximum Gasteiger partial charge on any atom is 0.252 e. The van der Waals surface area contributed by atoms with Gasteiger partial charge in [0.2, 0.25) is 5.91 Å². The molecule has 0 bridgehead atoms. The van der Waals surface area contributed by atoms with Gasteiger partial charge in [-0.3, -0.25) is 14.5 Å². The highest BCUT2D eigenvalue weighted by Crippen LogP contribution is 2.31. The summed E-state index contributed by atoms with van der Waals surface area (Å²) in [5.74, 6) is -1.34. The van der Waals surface area contributed by atoms with Gasteiger partial charge >= 0.3 is 0 Å². The van der Waals surface area contributed by atoms with Crippen molar-refractivity contribution in [1.82, 2.24) is 5.32 Å². The fourth-order valence-electron chi connectivity index (χ4n) is 2.33. The minimum absolute atomic E-state index is 0.0391. The Labute approximate surface area is 121 Å². The van der Waals surface area contributed by atoms with Crippen LogP contribution in [0.3, 0.4) is 0 Å². The number of nitrogens with one attached hydrogen (secondary N) is 1. The average molecular weight is 299 g/mol. The Hall–Kier alpha value is -1.62. The van der Waals surface area contributed by atoms with Gasteiger partial charge in [0, 0.05) is 0 Å². The minimum Gasteiger partial charge on any atom is -0.340 e. The monoisotopic (exact) mass is 298 g/mol. The van der Waals surface area contributed by atoms with Crippen molar-refractivity contribution in [2.75, 3.05) is 4.90 Å². The second-order valence-corrected chi connectivity index (χ2v) is 5.69. The average Bonchev–Trinajstić information content (AvgIpc) is 2.37. The summed E-state index contributed by atoms with van der Waals surface area (Å²) < 4.78 is 14.2. The molecule has 1 N–H and O–H groups in total. The second kappa shape index (κ2) is 5.05. The molecule has 0 spiro atoms. The third-order valence-electron chi connectivity index (χ3n) is 3.38. The van der Waals surface area contributed by atoms with E-state index in [2.05, 4.69) is 5.32 Å². The molecule has 20 heavy (non-hydrogen) atoms. The van der Waals surface area contributed by atoms with Crippen molar-refractivity contribution in [1.29, 1.82) is 0 Å². The molecule has 0 saturated carbocycles. The maximum absolute atomic E-state index is 14.2. The molecule has 2 rings (SSSR count). The van der Waals surface area contributed by atoms with E-state index in [9.17, 15) is 14.0 Å². The summed E-state index contributed by atoms with van der Waals surface area (Å²) in [4.78, 5) is 25.8. The Kier molecular flexibility index (Phi) is 3.73. The van der Waals surface area contributed by atoms with Crippen LogP contribution in [0.5, 0.6) is 0 Å². The number of anilines is 1. The number of benzene rings is 1. The number of hydrogen-bond acceptors (Lipinski definition) is 2. The molecule has 1 aromatic rings. The van der Waals surface area contributed by atoms with Crippen LogP contribution in [0.15, 0.2) is 18.2 Å². The van der Waals surface area contributed by atoms with Crippen LogP contribution >= 0.6 is 11.6 Å². The Balaban J connectivity index is 2.57. The van der Waals surface area contributed by atoms with E-state index >= 15 is 0 Å². The van der Waals surface area contributed by atoms with E-state index in [-0.39, 0.29) is 22.5 Å². The molecule has 1 atom stereocenters. The molecule has 4 nitrogen and oxygen atoms in total. The van der Waals surface area contributed by atoms with Gasteiger partial charge in [-0.2, -0.15) is 0 Å². The van der Waals surface area contributed by atoms with Crippen molar-refractivity contribution in [2.45, 2.75) is 38.8 Å². The topological polar surface area (TPSA) is 49.4 Å². The molecule has 1 aromatic carbocycles. The van der Waals surface area contributed by atoms with Crippen LogP contribution in [-0.4, -0.2) is 23.4 Å². The molecule has 1 unspecified atom stereocenters. The molecule has 6 heteroatoms. The number of nitrogens with zero attached hydrogens (tertiary/aromatic N) is 1. The third-order valence-corrected chi connectivity index (χ3v) is 3.67. The number of halogens is 2. The van der Waals surface area contributed by atoms with Gasteiger partial charge in [-0.25, -0.2) is 4.39 Å².